The Hall–Kier alpha value is -2.60. The number of aromatic hydroxyl groups is 1. The molecule has 1 aliphatic rings. The maximum Gasteiger partial charge on any atom is 0.229 e. The van der Waals surface area contributed by atoms with E-state index >= 15 is 0 Å². The predicted octanol–water partition coefficient (Wildman–Crippen LogP) is 4.69. The summed E-state index contributed by atoms with van der Waals surface area (Å²) >= 11 is 6.39. The molecular formula is C23H27ClN5O2P. The average molecular weight is 472 g/mol. The van der Waals surface area contributed by atoms with Crippen molar-refractivity contribution in [1.82, 2.24) is 14.9 Å². The van der Waals surface area contributed by atoms with Gasteiger partial charge in [-0.15, -0.1) is 0 Å². The molecule has 1 aliphatic heterocycles. The Morgan fingerprint density at radius 3 is 2.69 bits per heavy atom. The maximum atomic E-state index is 9.87. The summed E-state index contributed by atoms with van der Waals surface area (Å²) in [7, 11) is 3.34. The molecule has 0 aliphatic carbocycles. The molecule has 2 aromatic carbocycles. The van der Waals surface area contributed by atoms with Gasteiger partial charge in [-0.05, 0) is 68.3 Å². The zero-order valence-corrected chi connectivity index (χ0v) is 20.3. The molecule has 0 unspecified atom stereocenters. The van der Waals surface area contributed by atoms with Gasteiger partial charge >= 0.3 is 0 Å². The first-order chi connectivity index (χ1) is 15.3. The minimum atomic E-state index is -0.446. The minimum Gasteiger partial charge on any atom is -0.508 e. The second kappa shape index (κ2) is 9.49. The van der Waals surface area contributed by atoms with Crippen molar-refractivity contribution < 1.29 is 9.84 Å². The Labute approximate surface area is 194 Å². The number of anilines is 4. The molecule has 3 N–H and O–H groups in total. The molecule has 0 atom stereocenters. The van der Waals surface area contributed by atoms with Crippen LogP contribution in [0.15, 0.2) is 36.5 Å². The second-order valence-electron chi connectivity index (χ2n) is 8.05. The molecule has 0 saturated carbocycles. The summed E-state index contributed by atoms with van der Waals surface area (Å²) in [5.74, 6) is 1.90. The summed E-state index contributed by atoms with van der Waals surface area (Å²) in [4.78, 5) is 11.3. The van der Waals surface area contributed by atoms with Crippen LogP contribution in [0.2, 0.25) is 5.02 Å². The third kappa shape index (κ3) is 4.90. The van der Waals surface area contributed by atoms with Crippen molar-refractivity contribution >= 4 is 48.0 Å². The van der Waals surface area contributed by atoms with Gasteiger partial charge in [-0.2, -0.15) is 4.98 Å². The van der Waals surface area contributed by atoms with E-state index in [1.807, 2.05) is 6.07 Å². The van der Waals surface area contributed by atoms with Gasteiger partial charge in [-0.3, -0.25) is 0 Å². The van der Waals surface area contributed by atoms with Gasteiger partial charge in [0, 0.05) is 24.1 Å². The highest BCUT2D eigenvalue weighted by molar-refractivity contribution is 7.64. The highest BCUT2D eigenvalue weighted by atomic mass is 35.5. The first-order valence-corrected chi connectivity index (χ1v) is 12.9. The number of hydrogen-bond donors (Lipinski definition) is 3. The lowest BCUT2D eigenvalue weighted by atomic mass is 9.99. The quantitative estimate of drug-likeness (QED) is 0.355. The molecule has 7 nitrogen and oxygen atoms in total. The van der Waals surface area contributed by atoms with E-state index in [4.69, 9.17) is 16.3 Å². The van der Waals surface area contributed by atoms with Crippen LogP contribution in [0.5, 0.6) is 11.5 Å². The molecular weight excluding hydrogens is 445 g/mol. The van der Waals surface area contributed by atoms with Gasteiger partial charge in [0.05, 0.1) is 19.0 Å². The van der Waals surface area contributed by atoms with Gasteiger partial charge < -0.3 is 25.4 Å². The zero-order valence-electron chi connectivity index (χ0n) is 18.6. The van der Waals surface area contributed by atoms with E-state index in [1.54, 1.807) is 25.4 Å². The smallest absolute Gasteiger partial charge is 0.229 e. The van der Waals surface area contributed by atoms with Crippen molar-refractivity contribution in [2.45, 2.75) is 13.0 Å². The summed E-state index contributed by atoms with van der Waals surface area (Å²) in [6, 6.07) is 9.45. The summed E-state index contributed by atoms with van der Waals surface area (Å²) < 4.78 is 5.62. The highest BCUT2D eigenvalue weighted by Crippen LogP contribution is 2.35. The van der Waals surface area contributed by atoms with E-state index in [-0.39, 0.29) is 5.75 Å². The number of fused-ring (bicyclic) bond motifs is 1. The van der Waals surface area contributed by atoms with Crippen LogP contribution in [-0.2, 0) is 13.0 Å². The number of nitrogens with zero attached hydrogens (tertiary/aromatic N) is 3. The zero-order chi connectivity index (χ0) is 22.8. The number of likely N-dealkylation sites (N-methyl/N-ethyl adjacent to an activating group) is 1. The summed E-state index contributed by atoms with van der Waals surface area (Å²) in [6.07, 6.45) is 2.57. The lowest BCUT2D eigenvalue weighted by Crippen LogP contribution is -2.26. The van der Waals surface area contributed by atoms with Gasteiger partial charge in [0.15, 0.2) is 5.82 Å². The molecule has 0 fully saturated rings. The molecule has 2 heterocycles. The molecule has 0 amide bonds. The Balaban J connectivity index is 1.64. The van der Waals surface area contributed by atoms with Gasteiger partial charge in [0.2, 0.25) is 5.95 Å². The van der Waals surface area contributed by atoms with E-state index in [1.165, 1.54) is 11.1 Å². The molecule has 0 saturated heterocycles. The molecule has 32 heavy (non-hydrogen) atoms. The van der Waals surface area contributed by atoms with Crippen molar-refractivity contribution in [3.63, 3.8) is 0 Å². The molecule has 9 heteroatoms. The lowest BCUT2D eigenvalue weighted by Gasteiger charge is -2.26. The number of aromatic nitrogens is 2. The van der Waals surface area contributed by atoms with Crippen LogP contribution in [0.4, 0.5) is 23.1 Å². The summed E-state index contributed by atoms with van der Waals surface area (Å²) in [5.41, 5.74) is 4.24. The van der Waals surface area contributed by atoms with Gasteiger partial charge in [-0.25, -0.2) is 4.98 Å². The Morgan fingerprint density at radius 2 is 1.94 bits per heavy atom. The van der Waals surface area contributed by atoms with Gasteiger partial charge in [-0.1, -0.05) is 19.5 Å². The van der Waals surface area contributed by atoms with Crippen LogP contribution in [-0.4, -0.2) is 54.0 Å². The van der Waals surface area contributed by atoms with Crippen molar-refractivity contribution in [2.75, 3.05) is 44.7 Å². The fraction of sp³-hybridized carbons (Fsp3) is 0.304. The largest absolute Gasteiger partial charge is 0.508 e. The van der Waals surface area contributed by atoms with E-state index in [2.05, 4.69) is 58.0 Å². The Kier molecular flexibility index (Phi) is 6.70. The maximum absolute atomic E-state index is 9.87. The number of methoxy groups -OCH3 is 1. The average Bonchev–Trinajstić information content (AvgIpc) is 2.76. The number of benzene rings is 2. The first kappa shape index (κ1) is 22.6. The Bertz CT molecular complexity index is 1140. The molecule has 4 rings (SSSR count). The second-order valence-corrected chi connectivity index (χ2v) is 10.7. The van der Waals surface area contributed by atoms with Gasteiger partial charge in [0.1, 0.15) is 16.5 Å². The summed E-state index contributed by atoms with van der Waals surface area (Å²) in [5, 5.41) is 17.9. The summed E-state index contributed by atoms with van der Waals surface area (Å²) in [6.45, 7) is 6.19. The van der Waals surface area contributed by atoms with Crippen LogP contribution in [0.25, 0.3) is 0 Å². The topological polar surface area (TPSA) is 82.5 Å². The van der Waals surface area contributed by atoms with Crippen LogP contribution in [0.1, 0.15) is 11.1 Å². The van der Waals surface area contributed by atoms with Crippen molar-refractivity contribution in [3.05, 3.63) is 52.7 Å². The van der Waals surface area contributed by atoms with E-state index < -0.39 is 7.92 Å². The van der Waals surface area contributed by atoms with Crippen LogP contribution >= 0.6 is 19.5 Å². The third-order valence-corrected chi connectivity index (χ3v) is 7.04. The molecule has 168 valence electrons. The van der Waals surface area contributed by atoms with Crippen LogP contribution < -0.4 is 20.7 Å². The fourth-order valence-electron chi connectivity index (χ4n) is 3.75. The predicted molar refractivity (Wildman–Crippen MR) is 133 cm³/mol. The molecule has 0 bridgehead atoms. The number of hydrogen-bond acceptors (Lipinski definition) is 7. The first-order valence-electron chi connectivity index (χ1n) is 10.3. The van der Waals surface area contributed by atoms with Crippen molar-refractivity contribution in [2.24, 2.45) is 0 Å². The lowest BCUT2D eigenvalue weighted by molar-refractivity contribution is 0.312. The molecule has 0 radical (unpaired) electrons. The number of phenols is 1. The monoisotopic (exact) mass is 471 g/mol. The van der Waals surface area contributed by atoms with Crippen LogP contribution in [0.3, 0.4) is 0 Å². The SMILES string of the molecule is COc1cc2c(cc1Nc1ncc(Cl)c(Nc3ccc(O)cc3P(C)C)n1)CN(C)CC2. The minimum absolute atomic E-state index is 0.239. The van der Waals surface area contributed by atoms with Crippen LogP contribution in [0, 0.1) is 0 Å². The standard InChI is InChI=1S/C23H27ClN5O2P/c1-29-8-7-14-10-20(31-2)19(9-15(14)13-29)27-23-25-12-17(24)22(28-23)26-18-6-5-16(30)11-21(18)32(3)4/h5-6,9-12,30H,7-8,13H2,1-4H3,(H2,25,26,27,28). The number of halogens is 1. The number of ether oxygens (including phenoxy) is 1. The van der Waals surface area contributed by atoms with E-state index in [0.717, 1.165) is 41.9 Å². The van der Waals surface area contributed by atoms with E-state index in [0.29, 0.717) is 16.8 Å². The van der Waals surface area contributed by atoms with Crippen molar-refractivity contribution in [3.8, 4) is 11.5 Å². The normalized spacial score (nSPS) is 13.7. The number of nitrogens with one attached hydrogen (secondary N) is 2. The Morgan fingerprint density at radius 1 is 1.12 bits per heavy atom. The third-order valence-electron chi connectivity index (χ3n) is 5.43. The highest BCUT2D eigenvalue weighted by Gasteiger charge is 2.18. The van der Waals surface area contributed by atoms with Gasteiger partial charge in [0.25, 0.3) is 0 Å². The number of rotatable bonds is 6. The fourth-order valence-corrected chi connectivity index (χ4v) is 4.89. The molecule has 1 aromatic heterocycles. The molecule has 0 spiro atoms. The van der Waals surface area contributed by atoms with E-state index in [9.17, 15) is 5.11 Å². The number of phenolic OH excluding ortho intramolecular Hbond substituents is 1. The molecule has 3 aromatic rings. The van der Waals surface area contributed by atoms with Crippen molar-refractivity contribution in [1.29, 1.82) is 0 Å².